The molecule has 0 saturated carbocycles. The van der Waals surface area contributed by atoms with Gasteiger partial charge in [-0.25, -0.2) is 0 Å². The Hall–Kier alpha value is -2.30. The Morgan fingerprint density at radius 2 is 1.80 bits per heavy atom. The highest BCUT2D eigenvalue weighted by Crippen LogP contribution is 2.28. The van der Waals surface area contributed by atoms with Gasteiger partial charge in [-0.2, -0.15) is 0 Å². The molecule has 1 aromatic carbocycles. The summed E-state index contributed by atoms with van der Waals surface area (Å²) in [4.78, 5) is 21.7. The van der Waals surface area contributed by atoms with Gasteiger partial charge in [-0.15, -0.1) is 0 Å². The van der Waals surface area contributed by atoms with E-state index in [9.17, 15) is 9.59 Å². The smallest absolute Gasteiger partial charge is 0.216 e. The van der Waals surface area contributed by atoms with Crippen LogP contribution in [0.1, 0.15) is 29.3 Å². The predicted molar refractivity (Wildman–Crippen MR) is 77.3 cm³/mol. The fourth-order valence-corrected chi connectivity index (χ4v) is 1.71. The zero-order valence-electron chi connectivity index (χ0n) is 11.9. The van der Waals surface area contributed by atoms with E-state index in [1.807, 2.05) is 12.2 Å². The number of hydrogen-bond acceptors (Lipinski definition) is 4. The van der Waals surface area contributed by atoms with Gasteiger partial charge < -0.3 is 14.8 Å². The third kappa shape index (κ3) is 4.42. The second kappa shape index (κ2) is 7.99. The first kappa shape index (κ1) is 15.8. The number of amides is 1. The van der Waals surface area contributed by atoms with Gasteiger partial charge >= 0.3 is 0 Å². The predicted octanol–water partition coefficient (Wildman–Crippen LogP) is 2.06. The monoisotopic (exact) mass is 277 g/mol. The van der Waals surface area contributed by atoms with E-state index in [4.69, 9.17) is 9.47 Å². The molecular weight excluding hydrogens is 258 g/mol. The summed E-state index contributed by atoms with van der Waals surface area (Å²) in [6, 6.07) is 3.39. The molecule has 1 N–H and O–H groups in total. The normalized spacial score (nSPS) is 10.3. The average molecular weight is 277 g/mol. The highest BCUT2D eigenvalue weighted by atomic mass is 16.5. The number of benzene rings is 1. The van der Waals surface area contributed by atoms with Crippen molar-refractivity contribution in [3.63, 3.8) is 0 Å². The molecule has 0 bridgehead atoms. The van der Waals surface area contributed by atoms with Crippen molar-refractivity contribution in [2.45, 2.75) is 13.3 Å². The van der Waals surface area contributed by atoms with Crippen LogP contribution in [-0.2, 0) is 4.79 Å². The van der Waals surface area contributed by atoms with Crippen LogP contribution in [0.25, 0.3) is 6.08 Å². The molecule has 0 unspecified atom stereocenters. The molecule has 0 fully saturated rings. The maximum Gasteiger partial charge on any atom is 0.216 e. The van der Waals surface area contributed by atoms with Crippen LogP contribution in [0.4, 0.5) is 0 Å². The molecule has 1 rings (SSSR count). The lowest BCUT2D eigenvalue weighted by atomic mass is 10.1. The minimum atomic E-state index is -0.0482. The second-order valence-electron chi connectivity index (χ2n) is 4.13. The summed E-state index contributed by atoms with van der Waals surface area (Å²) in [5.41, 5.74) is 1.26. The van der Waals surface area contributed by atoms with E-state index in [-0.39, 0.29) is 5.91 Å². The molecule has 20 heavy (non-hydrogen) atoms. The minimum Gasteiger partial charge on any atom is -0.496 e. The van der Waals surface area contributed by atoms with Crippen molar-refractivity contribution in [2.24, 2.45) is 0 Å². The van der Waals surface area contributed by atoms with Crippen LogP contribution < -0.4 is 14.8 Å². The van der Waals surface area contributed by atoms with Gasteiger partial charge in [0, 0.05) is 19.0 Å². The van der Waals surface area contributed by atoms with Gasteiger partial charge in [-0.1, -0.05) is 12.2 Å². The van der Waals surface area contributed by atoms with E-state index in [1.54, 1.807) is 19.2 Å². The summed E-state index contributed by atoms with van der Waals surface area (Å²) in [6.07, 6.45) is 5.23. The van der Waals surface area contributed by atoms with Gasteiger partial charge in [0.2, 0.25) is 5.91 Å². The van der Waals surface area contributed by atoms with Crippen LogP contribution in [-0.4, -0.2) is 33.0 Å². The van der Waals surface area contributed by atoms with Crippen molar-refractivity contribution in [1.29, 1.82) is 0 Å². The third-order valence-corrected chi connectivity index (χ3v) is 2.69. The van der Waals surface area contributed by atoms with Crippen molar-refractivity contribution in [3.8, 4) is 11.5 Å². The molecule has 108 valence electrons. The van der Waals surface area contributed by atoms with Crippen molar-refractivity contribution in [1.82, 2.24) is 5.32 Å². The first-order chi connectivity index (χ1) is 9.62. The molecule has 5 heteroatoms. The Labute approximate surface area is 118 Å². The molecule has 0 saturated heterocycles. The molecule has 0 aliphatic rings. The second-order valence-corrected chi connectivity index (χ2v) is 4.13. The van der Waals surface area contributed by atoms with Crippen LogP contribution in [0.5, 0.6) is 11.5 Å². The summed E-state index contributed by atoms with van der Waals surface area (Å²) in [5.74, 6) is 1.05. The summed E-state index contributed by atoms with van der Waals surface area (Å²) in [7, 11) is 3.06. The molecule has 0 aliphatic carbocycles. The number of carbonyl (C=O) groups is 2. The Morgan fingerprint density at radius 3 is 2.35 bits per heavy atom. The molecule has 0 spiro atoms. The van der Waals surface area contributed by atoms with Gasteiger partial charge in [0.25, 0.3) is 0 Å². The quantitative estimate of drug-likeness (QED) is 0.612. The molecule has 5 nitrogen and oxygen atoms in total. The van der Waals surface area contributed by atoms with Crippen LogP contribution in [0.2, 0.25) is 0 Å². The lowest BCUT2D eigenvalue weighted by Gasteiger charge is -2.10. The molecular formula is C15H19NO4. The minimum absolute atomic E-state index is 0.0482. The fourth-order valence-electron chi connectivity index (χ4n) is 1.71. The summed E-state index contributed by atoms with van der Waals surface area (Å²) >= 11 is 0. The molecule has 0 heterocycles. The van der Waals surface area contributed by atoms with Crippen LogP contribution in [0, 0.1) is 0 Å². The van der Waals surface area contributed by atoms with Crippen molar-refractivity contribution < 1.29 is 19.1 Å². The first-order valence-corrected chi connectivity index (χ1v) is 6.24. The topological polar surface area (TPSA) is 64.6 Å². The zero-order valence-corrected chi connectivity index (χ0v) is 11.9. The largest absolute Gasteiger partial charge is 0.496 e. The SMILES string of the molecule is COc1cc(C=CCCNC(C)=O)c(OC)cc1C=O. The Balaban J connectivity index is 2.85. The van der Waals surface area contributed by atoms with E-state index in [1.165, 1.54) is 14.0 Å². The van der Waals surface area contributed by atoms with Gasteiger partial charge in [-0.3, -0.25) is 9.59 Å². The zero-order chi connectivity index (χ0) is 15.0. The average Bonchev–Trinajstić information content (AvgIpc) is 2.45. The number of nitrogens with one attached hydrogen (secondary N) is 1. The van der Waals surface area contributed by atoms with Crippen molar-refractivity contribution >= 4 is 18.3 Å². The molecule has 0 aliphatic heterocycles. The number of hydrogen-bond donors (Lipinski definition) is 1. The summed E-state index contributed by atoms with van der Waals surface area (Å²) in [5, 5.41) is 2.71. The van der Waals surface area contributed by atoms with E-state index in [0.717, 1.165) is 11.8 Å². The molecule has 0 radical (unpaired) electrons. The summed E-state index contributed by atoms with van der Waals surface area (Å²) < 4.78 is 10.4. The fraction of sp³-hybridized carbons (Fsp3) is 0.333. The Bertz CT molecular complexity index is 509. The van der Waals surface area contributed by atoms with Gasteiger partial charge in [0.05, 0.1) is 19.8 Å². The number of aldehydes is 1. The first-order valence-electron chi connectivity index (χ1n) is 6.24. The lowest BCUT2D eigenvalue weighted by Crippen LogP contribution is -2.20. The van der Waals surface area contributed by atoms with E-state index in [2.05, 4.69) is 5.32 Å². The maximum absolute atomic E-state index is 10.9. The van der Waals surface area contributed by atoms with E-state index >= 15 is 0 Å². The van der Waals surface area contributed by atoms with Crippen LogP contribution >= 0.6 is 0 Å². The number of methoxy groups -OCH3 is 2. The standard InChI is InChI=1S/C15H19NO4/c1-11(18)16-7-5-4-6-12-8-15(20-3)13(10-17)9-14(12)19-2/h4,6,8-10H,5,7H2,1-3H3,(H,16,18). The van der Waals surface area contributed by atoms with Crippen molar-refractivity contribution in [3.05, 3.63) is 29.3 Å². The van der Waals surface area contributed by atoms with Crippen molar-refractivity contribution in [2.75, 3.05) is 20.8 Å². The van der Waals surface area contributed by atoms with Gasteiger partial charge in [0.15, 0.2) is 6.29 Å². The number of carbonyl (C=O) groups excluding carboxylic acids is 2. The Morgan fingerprint density at radius 1 is 1.20 bits per heavy atom. The highest BCUT2D eigenvalue weighted by Gasteiger charge is 2.08. The molecule has 0 aromatic heterocycles. The van der Waals surface area contributed by atoms with E-state index < -0.39 is 0 Å². The van der Waals surface area contributed by atoms with E-state index in [0.29, 0.717) is 30.0 Å². The van der Waals surface area contributed by atoms with Crippen LogP contribution in [0.3, 0.4) is 0 Å². The molecule has 1 aromatic rings. The number of rotatable bonds is 7. The molecule has 0 atom stereocenters. The van der Waals surface area contributed by atoms with Gasteiger partial charge in [0.1, 0.15) is 11.5 Å². The number of ether oxygens (including phenoxy) is 2. The highest BCUT2D eigenvalue weighted by molar-refractivity contribution is 5.82. The molecule has 1 amide bonds. The van der Waals surface area contributed by atoms with Gasteiger partial charge in [-0.05, 0) is 18.6 Å². The van der Waals surface area contributed by atoms with Crippen LogP contribution in [0.15, 0.2) is 18.2 Å². The Kier molecular flexibility index (Phi) is 6.29. The maximum atomic E-state index is 10.9. The lowest BCUT2D eigenvalue weighted by molar-refractivity contribution is -0.118. The third-order valence-electron chi connectivity index (χ3n) is 2.69. The summed E-state index contributed by atoms with van der Waals surface area (Å²) in [6.45, 7) is 2.06.